The first-order valence-electron chi connectivity index (χ1n) is 9.78. The minimum atomic E-state index is -0.216. The van der Waals surface area contributed by atoms with Crippen molar-refractivity contribution in [1.82, 2.24) is 5.32 Å². The van der Waals surface area contributed by atoms with Crippen molar-refractivity contribution in [2.45, 2.75) is 6.92 Å². The summed E-state index contributed by atoms with van der Waals surface area (Å²) in [6.07, 6.45) is 0. The standard InChI is InChI=1S/C24H24N4O3/c1-16-4-3-5-18(14-16)24(31)28-21-12-10-20(11-13-21)27-22(29)15-26-19-8-6-17(7-9-19)23(30)25-2/h3-14,26H,15H2,1-2H3,(H,25,30)(H,27,29)(H,28,31). The maximum Gasteiger partial charge on any atom is 0.255 e. The Morgan fingerprint density at radius 1 is 0.710 bits per heavy atom. The molecule has 3 aromatic carbocycles. The Morgan fingerprint density at radius 2 is 1.32 bits per heavy atom. The lowest BCUT2D eigenvalue weighted by atomic mass is 10.1. The van der Waals surface area contributed by atoms with E-state index in [-0.39, 0.29) is 24.3 Å². The fourth-order valence-corrected chi connectivity index (χ4v) is 2.90. The predicted molar refractivity (Wildman–Crippen MR) is 123 cm³/mol. The quantitative estimate of drug-likeness (QED) is 0.472. The molecule has 3 aromatic rings. The van der Waals surface area contributed by atoms with Gasteiger partial charge < -0.3 is 21.3 Å². The minimum absolute atomic E-state index is 0.0746. The highest BCUT2D eigenvalue weighted by atomic mass is 16.2. The highest BCUT2D eigenvalue weighted by Crippen LogP contribution is 2.15. The molecule has 7 nitrogen and oxygen atoms in total. The number of benzene rings is 3. The van der Waals surface area contributed by atoms with Gasteiger partial charge in [-0.15, -0.1) is 0 Å². The molecule has 0 aromatic heterocycles. The fourth-order valence-electron chi connectivity index (χ4n) is 2.90. The molecule has 0 saturated carbocycles. The van der Waals surface area contributed by atoms with Gasteiger partial charge in [-0.1, -0.05) is 17.7 Å². The summed E-state index contributed by atoms with van der Waals surface area (Å²) < 4.78 is 0. The van der Waals surface area contributed by atoms with E-state index in [1.807, 2.05) is 25.1 Å². The average Bonchev–Trinajstić information content (AvgIpc) is 2.79. The van der Waals surface area contributed by atoms with Crippen LogP contribution in [0.4, 0.5) is 17.1 Å². The summed E-state index contributed by atoms with van der Waals surface area (Å²) in [7, 11) is 1.57. The van der Waals surface area contributed by atoms with E-state index in [0.29, 0.717) is 22.5 Å². The van der Waals surface area contributed by atoms with Gasteiger partial charge in [0, 0.05) is 35.2 Å². The maximum absolute atomic E-state index is 12.3. The molecule has 0 bridgehead atoms. The topological polar surface area (TPSA) is 99.3 Å². The molecule has 3 rings (SSSR count). The third-order valence-corrected chi connectivity index (χ3v) is 4.53. The SMILES string of the molecule is CNC(=O)c1ccc(NCC(=O)Nc2ccc(NC(=O)c3cccc(C)c3)cc2)cc1. The van der Waals surface area contributed by atoms with Crippen LogP contribution in [0.3, 0.4) is 0 Å². The third kappa shape index (κ3) is 6.17. The Bertz CT molecular complexity index is 1080. The van der Waals surface area contributed by atoms with Crippen LogP contribution in [0.2, 0.25) is 0 Å². The number of carbonyl (C=O) groups excluding carboxylic acids is 3. The molecule has 7 heteroatoms. The van der Waals surface area contributed by atoms with Gasteiger partial charge in [0.05, 0.1) is 6.54 Å². The number of anilines is 3. The molecular weight excluding hydrogens is 392 g/mol. The van der Waals surface area contributed by atoms with Crippen molar-refractivity contribution < 1.29 is 14.4 Å². The lowest BCUT2D eigenvalue weighted by Crippen LogP contribution is -2.22. The lowest BCUT2D eigenvalue weighted by Gasteiger charge is -2.10. The first-order valence-corrected chi connectivity index (χ1v) is 9.78. The zero-order chi connectivity index (χ0) is 22.2. The van der Waals surface area contributed by atoms with E-state index in [0.717, 1.165) is 11.3 Å². The van der Waals surface area contributed by atoms with Crippen LogP contribution < -0.4 is 21.3 Å². The van der Waals surface area contributed by atoms with E-state index >= 15 is 0 Å². The molecule has 0 spiro atoms. The van der Waals surface area contributed by atoms with Crippen molar-refractivity contribution in [1.29, 1.82) is 0 Å². The van der Waals surface area contributed by atoms with Crippen LogP contribution in [0, 0.1) is 6.92 Å². The van der Waals surface area contributed by atoms with Gasteiger partial charge >= 0.3 is 0 Å². The van der Waals surface area contributed by atoms with Gasteiger partial charge in [-0.05, 0) is 67.6 Å². The molecule has 0 aliphatic rings. The Balaban J connectivity index is 1.49. The van der Waals surface area contributed by atoms with E-state index in [1.54, 1.807) is 61.6 Å². The van der Waals surface area contributed by atoms with Gasteiger partial charge in [-0.25, -0.2) is 0 Å². The molecule has 31 heavy (non-hydrogen) atoms. The molecule has 0 radical (unpaired) electrons. The van der Waals surface area contributed by atoms with Crippen molar-refractivity contribution in [3.8, 4) is 0 Å². The largest absolute Gasteiger partial charge is 0.376 e. The van der Waals surface area contributed by atoms with Crippen molar-refractivity contribution in [3.63, 3.8) is 0 Å². The van der Waals surface area contributed by atoms with E-state index in [4.69, 9.17) is 0 Å². The molecule has 158 valence electrons. The molecule has 0 aliphatic carbocycles. The normalized spacial score (nSPS) is 10.1. The monoisotopic (exact) mass is 416 g/mol. The number of hydrogen-bond donors (Lipinski definition) is 4. The second kappa shape index (κ2) is 10.1. The summed E-state index contributed by atoms with van der Waals surface area (Å²) in [5, 5.41) is 11.2. The first kappa shape index (κ1) is 21.6. The zero-order valence-electron chi connectivity index (χ0n) is 17.4. The Kier molecular flexibility index (Phi) is 7.01. The number of carbonyl (C=O) groups is 3. The Hall–Kier alpha value is -4.13. The van der Waals surface area contributed by atoms with Gasteiger partial charge in [-0.2, -0.15) is 0 Å². The summed E-state index contributed by atoms with van der Waals surface area (Å²) in [6.45, 7) is 2.01. The molecule has 4 N–H and O–H groups in total. The van der Waals surface area contributed by atoms with Crippen molar-refractivity contribution in [3.05, 3.63) is 89.5 Å². The molecule has 0 saturated heterocycles. The van der Waals surface area contributed by atoms with Gasteiger partial charge in [0.25, 0.3) is 11.8 Å². The van der Waals surface area contributed by atoms with E-state index < -0.39 is 0 Å². The number of rotatable bonds is 7. The average molecular weight is 416 g/mol. The lowest BCUT2D eigenvalue weighted by molar-refractivity contribution is -0.114. The van der Waals surface area contributed by atoms with Gasteiger partial charge in [0.1, 0.15) is 0 Å². The first-order chi connectivity index (χ1) is 14.9. The highest BCUT2D eigenvalue weighted by molar-refractivity contribution is 6.04. The summed E-state index contributed by atoms with van der Waals surface area (Å²) in [6, 6.07) is 21.1. The Morgan fingerprint density at radius 3 is 1.94 bits per heavy atom. The smallest absolute Gasteiger partial charge is 0.255 e. The van der Waals surface area contributed by atoms with Gasteiger partial charge in [-0.3, -0.25) is 14.4 Å². The van der Waals surface area contributed by atoms with Crippen LogP contribution in [-0.2, 0) is 4.79 Å². The molecule has 0 atom stereocenters. The van der Waals surface area contributed by atoms with Crippen molar-refractivity contribution in [2.24, 2.45) is 0 Å². The molecule has 3 amide bonds. The van der Waals surface area contributed by atoms with Crippen LogP contribution in [0.25, 0.3) is 0 Å². The third-order valence-electron chi connectivity index (χ3n) is 4.53. The molecule has 0 heterocycles. The Labute approximate surface area is 180 Å². The molecule has 0 aliphatic heterocycles. The molecular formula is C24H24N4O3. The summed E-state index contributed by atoms with van der Waals surface area (Å²) in [4.78, 5) is 36.0. The maximum atomic E-state index is 12.3. The second-order valence-electron chi connectivity index (χ2n) is 6.96. The van der Waals surface area contributed by atoms with E-state index in [9.17, 15) is 14.4 Å². The number of aryl methyl sites for hydroxylation is 1. The molecule has 0 unspecified atom stereocenters. The highest BCUT2D eigenvalue weighted by Gasteiger charge is 2.07. The predicted octanol–water partition coefficient (Wildman–Crippen LogP) is 3.66. The second-order valence-corrected chi connectivity index (χ2v) is 6.96. The number of amides is 3. The van der Waals surface area contributed by atoms with E-state index in [1.165, 1.54) is 0 Å². The minimum Gasteiger partial charge on any atom is -0.376 e. The molecule has 0 fully saturated rings. The van der Waals surface area contributed by atoms with Crippen molar-refractivity contribution in [2.75, 3.05) is 29.5 Å². The van der Waals surface area contributed by atoms with E-state index in [2.05, 4.69) is 21.3 Å². The van der Waals surface area contributed by atoms with Crippen LogP contribution in [0.1, 0.15) is 26.3 Å². The van der Waals surface area contributed by atoms with Gasteiger partial charge in [0.15, 0.2) is 0 Å². The van der Waals surface area contributed by atoms with Crippen LogP contribution in [0.5, 0.6) is 0 Å². The summed E-state index contributed by atoms with van der Waals surface area (Å²) >= 11 is 0. The van der Waals surface area contributed by atoms with Crippen LogP contribution >= 0.6 is 0 Å². The fraction of sp³-hybridized carbons (Fsp3) is 0.125. The zero-order valence-corrected chi connectivity index (χ0v) is 17.4. The van der Waals surface area contributed by atoms with Crippen LogP contribution in [0.15, 0.2) is 72.8 Å². The summed E-state index contributed by atoms with van der Waals surface area (Å²) in [5.74, 6) is -0.568. The van der Waals surface area contributed by atoms with Gasteiger partial charge in [0.2, 0.25) is 5.91 Å². The summed E-state index contributed by atoms with van der Waals surface area (Å²) in [5.41, 5.74) is 4.15. The number of nitrogens with one attached hydrogen (secondary N) is 4. The van der Waals surface area contributed by atoms with Crippen LogP contribution in [-0.4, -0.2) is 31.3 Å². The number of hydrogen-bond acceptors (Lipinski definition) is 4. The van der Waals surface area contributed by atoms with Crippen molar-refractivity contribution >= 4 is 34.8 Å².